The molecule has 0 aromatic heterocycles. The predicted octanol–water partition coefficient (Wildman–Crippen LogP) is 3.17. The van der Waals surface area contributed by atoms with Gasteiger partial charge in [0.15, 0.2) is 0 Å². The molecule has 1 nitrogen and oxygen atoms in total. The van der Waals surface area contributed by atoms with E-state index in [-0.39, 0.29) is 11.7 Å². The van der Waals surface area contributed by atoms with Crippen LogP contribution in [0, 0.1) is 5.82 Å². The Labute approximate surface area is 81.5 Å². The molecule has 0 heterocycles. The molecule has 0 saturated heterocycles. The molecule has 1 aromatic carbocycles. The second-order valence-electron chi connectivity index (χ2n) is 2.82. The summed E-state index contributed by atoms with van der Waals surface area (Å²) in [5, 5.41) is 0.445. The third-order valence-electron chi connectivity index (χ3n) is 1.96. The van der Waals surface area contributed by atoms with Crippen LogP contribution in [0.4, 0.5) is 4.39 Å². The molecule has 0 aliphatic heterocycles. The molecule has 1 unspecified atom stereocenters. The highest BCUT2D eigenvalue weighted by molar-refractivity contribution is 6.31. The van der Waals surface area contributed by atoms with Crippen LogP contribution in [0.25, 0.3) is 0 Å². The third-order valence-corrected chi connectivity index (χ3v) is 2.31. The minimum Gasteiger partial charge on any atom is -0.303 e. The molecular formula is C10H10ClFO. The van der Waals surface area contributed by atoms with Gasteiger partial charge in [-0.1, -0.05) is 18.5 Å². The first-order chi connectivity index (χ1) is 6.19. The first kappa shape index (κ1) is 10.2. The minimum absolute atomic E-state index is 0.303. The van der Waals surface area contributed by atoms with Crippen LogP contribution < -0.4 is 0 Å². The first-order valence-electron chi connectivity index (χ1n) is 4.09. The molecule has 0 radical (unpaired) electrons. The van der Waals surface area contributed by atoms with Crippen molar-refractivity contribution in [3.05, 3.63) is 34.6 Å². The number of carbonyl (C=O) groups excluding carboxylic acids is 1. The van der Waals surface area contributed by atoms with Gasteiger partial charge in [-0.15, -0.1) is 0 Å². The number of benzene rings is 1. The van der Waals surface area contributed by atoms with Gasteiger partial charge in [0.2, 0.25) is 0 Å². The summed E-state index contributed by atoms with van der Waals surface area (Å²) in [7, 11) is 0. The second-order valence-corrected chi connectivity index (χ2v) is 3.22. The molecule has 1 atom stereocenters. The van der Waals surface area contributed by atoms with Crippen molar-refractivity contribution in [2.24, 2.45) is 0 Å². The zero-order chi connectivity index (χ0) is 9.84. The van der Waals surface area contributed by atoms with Crippen molar-refractivity contribution in [2.75, 3.05) is 0 Å². The van der Waals surface area contributed by atoms with E-state index < -0.39 is 0 Å². The zero-order valence-electron chi connectivity index (χ0n) is 7.26. The maximum Gasteiger partial charge on any atom is 0.127 e. The largest absolute Gasteiger partial charge is 0.303 e. The summed E-state index contributed by atoms with van der Waals surface area (Å²) >= 11 is 5.82. The lowest BCUT2D eigenvalue weighted by molar-refractivity contribution is -0.109. The Morgan fingerprint density at radius 2 is 2.31 bits per heavy atom. The van der Waals surface area contributed by atoms with Crippen LogP contribution in [0.3, 0.4) is 0 Å². The standard InChI is InChI=1S/C10H10ClFO/c1-2-7(6-13)9-5-8(12)3-4-10(9)11/h3-7H,2H2,1H3. The number of hydrogen-bond acceptors (Lipinski definition) is 1. The molecule has 0 fully saturated rings. The maximum atomic E-state index is 12.8. The summed E-state index contributed by atoms with van der Waals surface area (Å²) in [5.41, 5.74) is 0.569. The van der Waals surface area contributed by atoms with Crippen molar-refractivity contribution < 1.29 is 9.18 Å². The van der Waals surface area contributed by atoms with Crippen molar-refractivity contribution in [1.29, 1.82) is 0 Å². The van der Waals surface area contributed by atoms with Crippen molar-refractivity contribution in [3.63, 3.8) is 0 Å². The van der Waals surface area contributed by atoms with Crippen molar-refractivity contribution >= 4 is 17.9 Å². The number of halogens is 2. The topological polar surface area (TPSA) is 17.1 Å². The predicted molar refractivity (Wildman–Crippen MR) is 50.5 cm³/mol. The van der Waals surface area contributed by atoms with Crippen LogP contribution >= 0.6 is 11.6 Å². The lowest BCUT2D eigenvalue weighted by Crippen LogP contribution is -1.99. The van der Waals surface area contributed by atoms with Crippen molar-refractivity contribution in [3.8, 4) is 0 Å². The van der Waals surface area contributed by atoms with Crippen LogP contribution in [-0.4, -0.2) is 6.29 Å². The van der Waals surface area contributed by atoms with Crippen molar-refractivity contribution in [1.82, 2.24) is 0 Å². The van der Waals surface area contributed by atoms with Gasteiger partial charge in [-0.25, -0.2) is 4.39 Å². The average Bonchev–Trinajstić information content (AvgIpc) is 2.13. The normalized spacial score (nSPS) is 12.5. The lowest BCUT2D eigenvalue weighted by Gasteiger charge is -2.09. The molecule has 0 aliphatic carbocycles. The Bertz CT molecular complexity index is 312. The van der Waals surface area contributed by atoms with Crippen LogP contribution in [0.5, 0.6) is 0 Å². The van der Waals surface area contributed by atoms with E-state index in [1.165, 1.54) is 18.2 Å². The van der Waals surface area contributed by atoms with Gasteiger partial charge in [0, 0.05) is 10.9 Å². The maximum absolute atomic E-state index is 12.8. The summed E-state index contributed by atoms with van der Waals surface area (Å²) in [6, 6.07) is 4.06. The molecule has 1 aromatic rings. The van der Waals surface area contributed by atoms with E-state index in [4.69, 9.17) is 11.6 Å². The molecule has 0 aliphatic rings. The highest BCUT2D eigenvalue weighted by Crippen LogP contribution is 2.26. The number of hydrogen-bond donors (Lipinski definition) is 0. The molecule has 70 valence electrons. The quantitative estimate of drug-likeness (QED) is 0.685. The van der Waals surface area contributed by atoms with E-state index in [1.807, 2.05) is 6.92 Å². The van der Waals surface area contributed by atoms with E-state index in [1.54, 1.807) is 0 Å². The van der Waals surface area contributed by atoms with Gasteiger partial charge in [-0.3, -0.25) is 0 Å². The number of rotatable bonds is 3. The van der Waals surface area contributed by atoms with Gasteiger partial charge < -0.3 is 4.79 Å². The summed E-state index contributed by atoms with van der Waals surface area (Å²) in [6.07, 6.45) is 1.42. The molecular weight excluding hydrogens is 191 g/mol. The fourth-order valence-electron chi connectivity index (χ4n) is 1.19. The van der Waals surface area contributed by atoms with Gasteiger partial charge in [-0.2, -0.15) is 0 Å². The molecule has 0 bridgehead atoms. The van der Waals surface area contributed by atoms with E-state index in [2.05, 4.69) is 0 Å². The van der Waals surface area contributed by atoms with E-state index in [9.17, 15) is 9.18 Å². The minimum atomic E-state index is -0.361. The molecule has 1 rings (SSSR count). The lowest BCUT2D eigenvalue weighted by atomic mass is 9.98. The first-order valence-corrected chi connectivity index (χ1v) is 4.47. The number of aldehydes is 1. The fraction of sp³-hybridized carbons (Fsp3) is 0.300. The summed E-state index contributed by atoms with van der Waals surface area (Å²) in [4.78, 5) is 10.6. The van der Waals surface area contributed by atoms with Crippen molar-refractivity contribution in [2.45, 2.75) is 19.3 Å². The Morgan fingerprint density at radius 3 is 2.85 bits per heavy atom. The molecule has 0 saturated carbocycles. The number of carbonyl (C=O) groups is 1. The highest BCUT2D eigenvalue weighted by Gasteiger charge is 2.12. The average molecular weight is 201 g/mol. The zero-order valence-corrected chi connectivity index (χ0v) is 8.01. The van der Waals surface area contributed by atoms with Gasteiger partial charge in [0.25, 0.3) is 0 Å². The van der Waals surface area contributed by atoms with Gasteiger partial charge in [-0.05, 0) is 30.2 Å². The molecule has 0 spiro atoms. The molecule has 13 heavy (non-hydrogen) atoms. The van der Waals surface area contributed by atoms with Gasteiger partial charge >= 0.3 is 0 Å². The van der Waals surface area contributed by atoms with Crippen LogP contribution in [0.2, 0.25) is 5.02 Å². The van der Waals surface area contributed by atoms with Gasteiger partial charge in [0.05, 0.1) is 0 Å². The fourth-order valence-corrected chi connectivity index (χ4v) is 1.45. The Kier molecular flexibility index (Phi) is 3.43. The second kappa shape index (κ2) is 4.38. The SMILES string of the molecule is CCC(C=O)c1cc(F)ccc1Cl. The Morgan fingerprint density at radius 1 is 1.62 bits per heavy atom. The smallest absolute Gasteiger partial charge is 0.127 e. The van der Waals surface area contributed by atoms with E-state index in [0.717, 1.165) is 6.29 Å². The Balaban J connectivity index is 3.10. The summed E-state index contributed by atoms with van der Waals surface area (Å²) in [5.74, 6) is -0.664. The summed E-state index contributed by atoms with van der Waals surface area (Å²) < 4.78 is 12.8. The molecule has 0 N–H and O–H groups in total. The Hall–Kier alpha value is -0.890. The van der Waals surface area contributed by atoms with E-state index >= 15 is 0 Å². The molecule has 0 amide bonds. The summed E-state index contributed by atoms with van der Waals surface area (Å²) in [6.45, 7) is 1.86. The van der Waals surface area contributed by atoms with E-state index in [0.29, 0.717) is 17.0 Å². The third kappa shape index (κ3) is 2.28. The molecule has 3 heteroatoms. The van der Waals surface area contributed by atoms with Crippen LogP contribution in [0.15, 0.2) is 18.2 Å². The van der Waals surface area contributed by atoms with Crippen LogP contribution in [0.1, 0.15) is 24.8 Å². The highest BCUT2D eigenvalue weighted by atomic mass is 35.5. The van der Waals surface area contributed by atoms with Crippen LogP contribution in [-0.2, 0) is 4.79 Å². The monoisotopic (exact) mass is 200 g/mol. The van der Waals surface area contributed by atoms with Gasteiger partial charge in [0.1, 0.15) is 12.1 Å².